The van der Waals surface area contributed by atoms with Crippen LogP contribution < -0.4 is 5.73 Å². The molecule has 2 rings (SSSR count). The van der Waals surface area contributed by atoms with E-state index in [9.17, 15) is 0 Å². The van der Waals surface area contributed by atoms with Crippen LogP contribution in [0.3, 0.4) is 0 Å². The van der Waals surface area contributed by atoms with Crippen molar-refractivity contribution in [1.29, 1.82) is 0 Å². The first kappa shape index (κ1) is 12.3. The molecule has 0 aromatic rings. The van der Waals surface area contributed by atoms with Gasteiger partial charge in [0, 0.05) is 13.2 Å². The maximum Gasteiger partial charge on any atom is 0.0603 e. The maximum absolute atomic E-state index is 6.18. The molecule has 0 aliphatic heterocycles. The first-order valence-corrected chi connectivity index (χ1v) is 6.71. The van der Waals surface area contributed by atoms with Crippen molar-refractivity contribution in [2.24, 2.45) is 5.73 Å². The average Bonchev–Trinajstić information content (AvgIpc) is 2.32. The van der Waals surface area contributed by atoms with Gasteiger partial charge < -0.3 is 15.2 Å². The molecular weight excluding hydrogens is 202 g/mol. The lowest BCUT2D eigenvalue weighted by atomic mass is 9.91. The highest BCUT2D eigenvalue weighted by Gasteiger charge is 2.26. The van der Waals surface area contributed by atoms with Crippen molar-refractivity contribution in [3.63, 3.8) is 0 Å². The highest BCUT2D eigenvalue weighted by atomic mass is 16.5. The summed E-state index contributed by atoms with van der Waals surface area (Å²) >= 11 is 0. The van der Waals surface area contributed by atoms with Crippen LogP contribution in [0.15, 0.2) is 0 Å². The molecule has 2 N–H and O–H groups in total. The van der Waals surface area contributed by atoms with Crippen molar-refractivity contribution in [3.8, 4) is 0 Å². The summed E-state index contributed by atoms with van der Waals surface area (Å²) in [5, 5.41) is 0. The third kappa shape index (κ3) is 3.44. The summed E-state index contributed by atoms with van der Waals surface area (Å²) in [5.41, 5.74) is 5.90. The van der Waals surface area contributed by atoms with Gasteiger partial charge in [0.15, 0.2) is 0 Å². The lowest BCUT2D eigenvalue weighted by Gasteiger charge is -2.34. The molecule has 0 heterocycles. The minimum Gasteiger partial charge on any atom is -0.381 e. The largest absolute Gasteiger partial charge is 0.381 e. The van der Waals surface area contributed by atoms with Crippen LogP contribution in [-0.4, -0.2) is 31.5 Å². The van der Waals surface area contributed by atoms with Crippen molar-refractivity contribution >= 4 is 0 Å². The van der Waals surface area contributed by atoms with E-state index >= 15 is 0 Å². The maximum atomic E-state index is 6.18. The molecule has 3 heteroatoms. The fourth-order valence-corrected chi connectivity index (χ4v) is 2.94. The predicted octanol–water partition coefficient (Wildman–Crippen LogP) is 2.23. The molecular formula is C13H25NO2. The van der Waals surface area contributed by atoms with Gasteiger partial charge in [-0.25, -0.2) is 0 Å². The highest BCUT2D eigenvalue weighted by molar-refractivity contribution is 4.79. The monoisotopic (exact) mass is 227 g/mol. The molecule has 2 fully saturated rings. The van der Waals surface area contributed by atoms with Crippen molar-refractivity contribution in [1.82, 2.24) is 0 Å². The average molecular weight is 227 g/mol. The molecule has 16 heavy (non-hydrogen) atoms. The molecule has 0 aromatic carbocycles. The number of rotatable bonds is 3. The second-order valence-corrected chi connectivity index (χ2v) is 5.32. The number of hydrogen-bond acceptors (Lipinski definition) is 3. The Hall–Kier alpha value is -0.120. The van der Waals surface area contributed by atoms with E-state index in [4.69, 9.17) is 15.2 Å². The topological polar surface area (TPSA) is 44.5 Å². The Bertz CT molecular complexity index is 202. The van der Waals surface area contributed by atoms with Crippen molar-refractivity contribution in [2.45, 2.75) is 75.7 Å². The van der Waals surface area contributed by atoms with Gasteiger partial charge in [0.05, 0.1) is 18.3 Å². The van der Waals surface area contributed by atoms with Crippen LogP contribution in [0.5, 0.6) is 0 Å². The van der Waals surface area contributed by atoms with Crippen LogP contribution in [-0.2, 0) is 9.47 Å². The van der Waals surface area contributed by atoms with E-state index in [-0.39, 0.29) is 0 Å². The summed E-state index contributed by atoms with van der Waals surface area (Å²) < 4.78 is 11.6. The minimum atomic E-state index is 0.415. The van der Waals surface area contributed by atoms with Gasteiger partial charge in [-0.2, -0.15) is 0 Å². The zero-order chi connectivity index (χ0) is 11.4. The van der Waals surface area contributed by atoms with Crippen molar-refractivity contribution < 1.29 is 9.47 Å². The smallest absolute Gasteiger partial charge is 0.0603 e. The van der Waals surface area contributed by atoms with E-state index in [1.54, 1.807) is 0 Å². The molecule has 2 saturated carbocycles. The molecule has 0 amide bonds. The number of nitrogens with two attached hydrogens (primary N) is 1. The molecule has 94 valence electrons. The Labute approximate surface area is 98.7 Å². The molecule has 3 nitrogen and oxygen atoms in total. The Morgan fingerprint density at radius 3 is 2.25 bits per heavy atom. The number of ether oxygens (including phenoxy) is 2. The summed E-state index contributed by atoms with van der Waals surface area (Å²) in [4.78, 5) is 0. The number of methoxy groups -OCH3 is 1. The van der Waals surface area contributed by atoms with E-state index in [0.717, 1.165) is 32.1 Å². The van der Waals surface area contributed by atoms with Crippen molar-refractivity contribution in [3.05, 3.63) is 0 Å². The molecule has 0 bridgehead atoms. The molecule has 2 atom stereocenters. The van der Waals surface area contributed by atoms with E-state index in [1.165, 1.54) is 19.3 Å². The summed E-state index contributed by atoms with van der Waals surface area (Å²) in [6.07, 6.45) is 10.6. The summed E-state index contributed by atoms with van der Waals surface area (Å²) in [6, 6.07) is 0.415. The van der Waals surface area contributed by atoms with Gasteiger partial charge in [0.25, 0.3) is 0 Å². The lowest BCUT2D eigenvalue weighted by Crippen LogP contribution is -2.35. The van der Waals surface area contributed by atoms with Crippen LogP contribution >= 0.6 is 0 Å². The van der Waals surface area contributed by atoms with Crippen LogP contribution in [0, 0.1) is 0 Å². The van der Waals surface area contributed by atoms with Gasteiger partial charge in [0.1, 0.15) is 0 Å². The zero-order valence-electron chi connectivity index (χ0n) is 10.4. The summed E-state index contributed by atoms with van der Waals surface area (Å²) in [7, 11) is 1.81. The zero-order valence-corrected chi connectivity index (χ0v) is 10.4. The molecule has 2 unspecified atom stereocenters. The third-order valence-electron chi connectivity index (χ3n) is 4.02. The normalized spacial score (nSPS) is 40.9. The van der Waals surface area contributed by atoms with E-state index in [1.807, 2.05) is 7.11 Å². The highest BCUT2D eigenvalue weighted by Crippen LogP contribution is 2.28. The van der Waals surface area contributed by atoms with Gasteiger partial charge >= 0.3 is 0 Å². The Kier molecular flexibility index (Phi) is 4.62. The van der Waals surface area contributed by atoms with Gasteiger partial charge in [-0.15, -0.1) is 0 Å². The number of hydrogen-bond donors (Lipinski definition) is 1. The molecule has 2 aliphatic carbocycles. The van der Waals surface area contributed by atoms with Crippen molar-refractivity contribution in [2.75, 3.05) is 7.11 Å². The Morgan fingerprint density at radius 1 is 0.875 bits per heavy atom. The Morgan fingerprint density at radius 2 is 1.56 bits per heavy atom. The quantitative estimate of drug-likeness (QED) is 0.804. The summed E-state index contributed by atoms with van der Waals surface area (Å²) in [6.45, 7) is 0. The van der Waals surface area contributed by atoms with Gasteiger partial charge in [0.2, 0.25) is 0 Å². The van der Waals surface area contributed by atoms with Gasteiger partial charge in [-0.05, 0) is 51.4 Å². The second kappa shape index (κ2) is 5.99. The second-order valence-electron chi connectivity index (χ2n) is 5.32. The molecule has 2 aliphatic rings. The minimum absolute atomic E-state index is 0.415. The first-order valence-electron chi connectivity index (χ1n) is 6.71. The lowest BCUT2D eigenvalue weighted by molar-refractivity contribution is -0.0760. The molecule has 0 saturated heterocycles. The van der Waals surface area contributed by atoms with Crippen LogP contribution in [0.1, 0.15) is 51.4 Å². The summed E-state index contributed by atoms with van der Waals surface area (Å²) in [5.74, 6) is 0. The standard InChI is InChI=1S/C13H25NO2/c1-15-12-3-2-4-13(9-12)16-11-7-5-10(14)6-8-11/h10-13H,2-9,14H2,1H3. The fraction of sp³-hybridized carbons (Fsp3) is 1.00. The molecule has 0 spiro atoms. The van der Waals surface area contributed by atoms with Crippen LogP contribution in [0.2, 0.25) is 0 Å². The molecule has 0 aromatic heterocycles. The third-order valence-corrected chi connectivity index (χ3v) is 4.02. The Balaban J connectivity index is 1.72. The van der Waals surface area contributed by atoms with E-state index in [0.29, 0.717) is 24.4 Å². The van der Waals surface area contributed by atoms with Crippen LogP contribution in [0.4, 0.5) is 0 Å². The van der Waals surface area contributed by atoms with E-state index in [2.05, 4.69) is 0 Å². The predicted molar refractivity (Wildman–Crippen MR) is 64.4 cm³/mol. The first-order chi connectivity index (χ1) is 7.78. The fourth-order valence-electron chi connectivity index (χ4n) is 2.94. The van der Waals surface area contributed by atoms with E-state index < -0.39 is 0 Å². The SMILES string of the molecule is COC1CCCC(OC2CCC(N)CC2)C1. The van der Waals surface area contributed by atoms with Crippen LogP contribution in [0.25, 0.3) is 0 Å². The van der Waals surface area contributed by atoms with Gasteiger partial charge in [-0.3, -0.25) is 0 Å². The van der Waals surface area contributed by atoms with Gasteiger partial charge in [-0.1, -0.05) is 0 Å². The molecule has 0 radical (unpaired) electrons.